The summed E-state index contributed by atoms with van der Waals surface area (Å²) >= 11 is 6.36. The zero-order valence-corrected chi connectivity index (χ0v) is 13.5. The Morgan fingerprint density at radius 3 is 2.58 bits per heavy atom. The first-order chi connectivity index (χ1) is 8.68. The molecule has 0 aliphatic heterocycles. The fourth-order valence-electron chi connectivity index (χ4n) is 1.11. The van der Waals surface area contributed by atoms with Crippen LogP contribution in [0.4, 0.5) is 0 Å². The lowest BCUT2D eigenvalue weighted by Gasteiger charge is -2.22. The molecule has 0 amide bonds. The number of thiocarbonyl (C=S) groups is 1. The molecule has 8 heteroatoms. The van der Waals surface area contributed by atoms with Crippen molar-refractivity contribution in [1.82, 2.24) is 9.71 Å². The lowest BCUT2D eigenvalue weighted by Crippen LogP contribution is -2.36. The Balaban J connectivity index is 2.86. The first-order valence-corrected chi connectivity index (χ1v) is 8.60. The van der Waals surface area contributed by atoms with Gasteiger partial charge in [0.2, 0.25) is 10.0 Å². The molecule has 0 saturated carbocycles. The van der Waals surface area contributed by atoms with Gasteiger partial charge in [0.25, 0.3) is 0 Å². The third-order valence-corrected chi connectivity index (χ3v) is 5.38. The quantitative estimate of drug-likeness (QED) is 0.765. The fourth-order valence-corrected chi connectivity index (χ4v) is 2.69. The second-order valence-corrected chi connectivity index (χ2v) is 8.25. The van der Waals surface area contributed by atoms with Gasteiger partial charge in [-0.25, -0.2) is 13.1 Å². The lowest BCUT2D eigenvalue weighted by atomic mass is 10.2. The highest BCUT2D eigenvalue weighted by molar-refractivity contribution is 8.00. The lowest BCUT2D eigenvalue weighted by molar-refractivity contribution is 0.570. The third-order valence-electron chi connectivity index (χ3n) is 2.54. The number of nitrogens with two attached hydrogens (primary N) is 1. The van der Waals surface area contributed by atoms with E-state index < -0.39 is 10.0 Å². The van der Waals surface area contributed by atoms with Crippen molar-refractivity contribution in [1.29, 1.82) is 0 Å². The standard InChI is InChI=1S/C11H17N3O2S3/c1-11(2,18-3)7-14-19(15,16)8-4-5-9(10(12)17)13-6-8/h4-6,14H,7H2,1-3H3,(H2,12,17). The van der Waals surface area contributed by atoms with E-state index in [4.69, 9.17) is 18.0 Å². The van der Waals surface area contributed by atoms with Crippen molar-refractivity contribution < 1.29 is 8.42 Å². The Hall–Kier alpha value is -0.700. The summed E-state index contributed by atoms with van der Waals surface area (Å²) in [6.45, 7) is 4.27. The van der Waals surface area contributed by atoms with Crippen molar-refractivity contribution in [2.24, 2.45) is 5.73 Å². The molecule has 0 bridgehead atoms. The minimum atomic E-state index is -3.56. The molecule has 1 heterocycles. The van der Waals surface area contributed by atoms with E-state index in [-0.39, 0.29) is 14.6 Å². The molecule has 0 atom stereocenters. The molecule has 0 aromatic carbocycles. The number of thioether (sulfide) groups is 1. The second-order valence-electron chi connectivity index (χ2n) is 4.53. The number of aromatic nitrogens is 1. The number of pyridine rings is 1. The molecule has 19 heavy (non-hydrogen) atoms. The van der Waals surface area contributed by atoms with Gasteiger partial charge in [-0.15, -0.1) is 0 Å². The zero-order chi connectivity index (χ0) is 14.7. The van der Waals surface area contributed by atoms with Crippen molar-refractivity contribution in [3.05, 3.63) is 24.0 Å². The van der Waals surface area contributed by atoms with Crippen LogP contribution in [0.25, 0.3) is 0 Å². The van der Waals surface area contributed by atoms with Crippen LogP contribution in [0, 0.1) is 0 Å². The molecule has 0 spiro atoms. The number of hydrogen-bond acceptors (Lipinski definition) is 5. The average molecular weight is 319 g/mol. The number of sulfonamides is 1. The van der Waals surface area contributed by atoms with Gasteiger partial charge in [0.05, 0.1) is 5.69 Å². The Morgan fingerprint density at radius 1 is 1.53 bits per heavy atom. The van der Waals surface area contributed by atoms with Gasteiger partial charge in [0, 0.05) is 17.5 Å². The largest absolute Gasteiger partial charge is 0.388 e. The van der Waals surface area contributed by atoms with Gasteiger partial charge in [-0.05, 0) is 32.2 Å². The van der Waals surface area contributed by atoms with Crippen LogP contribution in [0.1, 0.15) is 19.5 Å². The van der Waals surface area contributed by atoms with E-state index in [2.05, 4.69) is 9.71 Å². The topological polar surface area (TPSA) is 85.1 Å². The Bertz CT molecular complexity index is 553. The highest BCUT2D eigenvalue weighted by Gasteiger charge is 2.21. The van der Waals surface area contributed by atoms with E-state index in [1.807, 2.05) is 20.1 Å². The summed E-state index contributed by atoms with van der Waals surface area (Å²) in [6, 6.07) is 2.94. The summed E-state index contributed by atoms with van der Waals surface area (Å²) in [5, 5.41) is 0. The zero-order valence-electron chi connectivity index (χ0n) is 11.0. The smallest absolute Gasteiger partial charge is 0.242 e. The van der Waals surface area contributed by atoms with Crippen LogP contribution in [-0.4, -0.2) is 35.9 Å². The summed E-state index contributed by atoms with van der Waals surface area (Å²) in [5.41, 5.74) is 5.81. The molecule has 0 aliphatic carbocycles. The first-order valence-electron chi connectivity index (χ1n) is 5.49. The van der Waals surface area contributed by atoms with Gasteiger partial charge in [0.15, 0.2) is 0 Å². The summed E-state index contributed by atoms with van der Waals surface area (Å²) in [5.74, 6) is 0. The summed E-state index contributed by atoms with van der Waals surface area (Å²) in [6.07, 6.45) is 3.19. The number of rotatable bonds is 6. The van der Waals surface area contributed by atoms with E-state index in [0.717, 1.165) is 0 Å². The molecule has 0 fully saturated rings. The van der Waals surface area contributed by atoms with Gasteiger partial charge in [-0.3, -0.25) is 4.98 Å². The molecule has 106 valence electrons. The number of nitrogens with one attached hydrogen (secondary N) is 1. The van der Waals surface area contributed by atoms with Gasteiger partial charge in [0.1, 0.15) is 9.88 Å². The van der Waals surface area contributed by atoms with Crippen LogP contribution in [0.3, 0.4) is 0 Å². The van der Waals surface area contributed by atoms with E-state index in [9.17, 15) is 8.42 Å². The number of nitrogens with zero attached hydrogens (tertiary/aromatic N) is 1. The molecule has 3 N–H and O–H groups in total. The van der Waals surface area contributed by atoms with Crippen molar-refractivity contribution in [3.8, 4) is 0 Å². The molecule has 0 radical (unpaired) electrons. The van der Waals surface area contributed by atoms with Crippen molar-refractivity contribution in [2.45, 2.75) is 23.5 Å². The first kappa shape index (κ1) is 16.4. The third kappa shape index (κ3) is 4.72. The van der Waals surface area contributed by atoms with Crippen LogP contribution in [0.15, 0.2) is 23.2 Å². The monoisotopic (exact) mass is 319 g/mol. The molecule has 0 saturated heterocycles. The maximum Gasteiger partial charge on any atom is 0.242 e. The summed E-state index contributed by atoms with van der Waals surface area (Å²) in [4.78, 5) is 4.16. The van der Waals surface area contributed by atoms with Crippen molar-refractivity contribution in [3.63, 3.8) is 0 Å². The van der Waals surface area contributed by atoms with E-state index in [1.54, 1.807) is 11.8 Å². The van der Waals surface area contributed by atoms with Gasteiger partial charge < -0.3 is 5.73 Å². The molecule has 0 unspecified atom stereocenters. The minimum Gasteiger partial charge on any atom is -0.388 e. The molecule has 1 aromatic rings. The predicted molar refractivity (Wildman–Crippen MR) is 82.9 cm³/mol. The van der Waals surface area contributed by atoms with Crippen LogP contribution in [0.5, 0.6) is 0 Å². The number of hydrogen-bond donors (Lipinski definition) is 2. The molecular formula is C11H17N3O2S3. The Labute approximate surface area is 123 Å². The maximum atomic E-state index is 12.1. The van der Waals surface area contributed by atoms with Crippen molar-refractivity contribution >= 4 is 39.0 Å². The molecule has 1 rings (SSSR count). The SMILES string of the molecule is CSC(C)(C)CNS(=O)(=O)c1ccc(C(N)=S)nc1. The maximum absolute atomic E-state index is 12.1. The predicted octanol–water partition coefficient (Wildman–Crippen LogP) is 1.14. The van der Waals surface area contributed by atoms with Gasteiger partial charge >= 0.3 is 0 Å². The average Bonchev–Trinajstić information content (AvgIpc) is 2.37. The molecule has 0 aliphatic rings. The second kappa shape index (κ2) is 6.17. The summed E-state index contributed by atoms with van der Waals surface area (Å²) in [7, 11) is -3.56. The molecule has 5 nitrogen and oxygen atoms in total. The molecular weight excluding hydrogens is 302 g/mol. The van der Waals surface area contributed by atoms with Crippen LogP contribution >= 0.6 is 24.0 Å². The van der Waals surface area contributed by atoms with Crippen LogP contribution < -0.4 is 10.5 Å². The highest BCUT2D eigenvalue weighted by atomic mass is 32.2. The van der Waals surface area contributed by atoms with Gasteiger partial charge in [-0.2, -0.15) is 11.8 Å². The fraction of sp³-hybridized carbons (Fsp3) is 0.455. The summed E-state index contributed by atoms with van der Waals surface area (Å²) < 4.78 is 26.5. The van der Waals surface area contributed by atoms with E-state index >= 15 is 0 Å². The van der Waals surface area contributed by atoms with Crippen LogP contribution in [0.2, 0.25) is 0 Å². The van der Waals surface area contributed by atoms with Gasteiger partial charge in [-0.1, -0.05) is 12.2 Å². The normalized spacial score (nSPS) is 12.4. The molecule has 1 aromatic heterocycles. The van der Waals surface area contributed by atoms with E-state index in [0.29, 0.717) is 12.2 Å². The van der Waals surface area contributed by atoms with E-state index in [1.165, 1.54) is 18.3 Å². The Morgan fingerprint density at radius 2 is 2.16 bits per heavy atom. The van der Waals surface area contributed by atoms with Crippen LogP contribution in [-0.2, 0) is 10.0 Å². The minimum absolute atomic E-state index is 0.101. The Kier molecular flexibility index (Phi) is 5.31. The highest BCUT2D eigenvalue weighted by Crippen LogP contribution is 2.20. The van der Waals surface area contributed by atoms with Crippen molar-refractivity contribution in [2.75, 3.05) is 12.8 Å².